The van der Waals surface area contributed by atoms with Crippen LogP contribution in [0.2, 0.25) is 0 Å². The molecule has 1 saturated heterocycles. The monoisotopic (exact) mass is 424 g/mol. The molecule has 4 rings (SSSR count). The van der Waals surface area contributed by atoms with Gasteiger partial charge in [0.1, 0.15) is 5.69 Å². The van der Waals surface area contributed by atoms with E-state index in [0.29, 0.717) is 31.2 Å². The Morgan fingerprint density at radius 3 is 2.87 bits per heavy atom. The molecule has 3 heterocycles. The van der Waals surface area contributed by atoms with Gasteiger partial charge in [0, 0.05) is 50.8 Å². The number of hydrogen-bond donors (Lipinski definition) is 1. The third-order valence-corrected chi connectivity index (χ3v) is 5.94. The number of likely N-dealkylation sites (tertiary alicyclic amines) is 1. The zero-order valence-electron chi connectivity index (χ0n) is 18.2. The lowest BCUT2D eigenvalue weighted by Gasteiger charge is -2.36. The molecular formula is C22H28N6O3. The second-order valence-corrected chi connectivity index (χ2v) is 9.03. The second-order valence-electron chi connectivity index (χ2n) is 9.03. The van der Waals surface area contributed by atoms with Gasteiger partial charge >= 0.3 is 0 Å². The molecule has 1 N–H and O–H groups in total. The van der Waals surface area contributed by atoms with Crippen LogP contribution in [0.15, 0.2) is 24.8 Å². The first kappa shape index (κ1) is 21.3. The molecule has 0 radical (unpaired) electrons. The lowest BCUT2D eigenvalue weighted by molar-refractivity contribution is -0.129. The quantitative estimate of drug-likeness (QED) is 0.749. The van der Waals surface area contributed by atoms with E-state index in [4.69, 9.17) is 9.72 Å². The maximum absolute atomic E-state index is 13.0. The molecule has 2 aromatic rings. The van der Waals surface area contributed by atoms with Gasteiger partial charge in [0.2, 0.25) is 11.8 Å². The van der Waals surface area contributed by atoms with Gasteiger partial charge in [0.05, 0.1) is 30.5 Å². The van der Waals surface area contributed by atoms with Crippen molar-refractivity contribution in [2.24, 2.45) is 11.3 Å². The number of fused-ring (bicyclic) bond motifs is 1. The van der Waals surface area contributed by atoms with Crippen molar-refractivity contribution in [2.75, 3.05) is 26.8 Å². The predicted molar refractivity (Wildman–Crippen MR) is 113 cm³/mol. The van der Waals surface area contributed by atoms with Crippen LogP contribution in [0.5, 0.6) is 0 Å². The summed E-state index contributed by atoms with van der Waals surface area (Å²) < 4.78 is 5.06. The topological polar surface area (TPSA) is 110 Å². The summed E-state index contributed by atoms with van der Waals surface area (Å²) in [5.74, 6) is 0.0841. The van der Waals surface area contributed by atoms with Gasteiger partial charge in [0.15, 0.2) is 5.82 Å². The highest BCUT2D eigenvalue weighted by atomic mass is 16.5. The van der Waals surface area contributed by atoms with Crippen LogP contribution in [0.4, 0.5) is 0 Å². The fourth-order valence-electron chi connectivity index (χ4n) is 4.37. The molecule has 2 aromatic heterocycles. The molecule has 9 nitrogen and oxygen atoms in total. The van der Waals surface area contributed by atoms with Crippen LogP contribution >= 0.6 is 0 Å². The van der Waals surface area contributed by atoms with Crippen LogP contribution in [0, 0.1) is 11.3 Å². The van der Waals surface area contributed by atoms with E-state index in [1.54, 1.807) is 36.8 Å². The molecule has 0 aromatic carbocycles. The Kier molecular flexibility index (Phi) is 5.95. The summed E-state index contributed by atoms with van der Waals surface area (Å²) in [6.45, 7) is 5.75. The number of carbonyl (C=O) groups excluding carboxylic acids is 2. The molecule has 0 unspecified atom stereocenters. The fraction of sp³-hybridized carbons (Fsp3) is 0.545. The molecule has 0 saturated carbocycles. The molecule has 9 heteroatoms. The van der Waals surface area contributed by atoms with Crippen LogP contribution in [-0.4, -0.2) is 63.5 Å². The number of nitrogens with zero attached hydrogens (tertiary/aromatic N) is 5. The molecule has 1 fully saturated rings. The number of carbonyl (C=O) groups is 2. The lowest BCUT2D eigenvalue weighted by Crippen LogP contribution is -2.40. The molecule has 0 bridgehead atoms. The van der Waals surface area contributed by atoms with Crippen LogP contribution in [0.25, 0.3) is 11.5 Å². The Morgan fingerprint density at radius 1 is 1.29 bits per heavy atom. The van der Waals surface area contributed by atoms with Crippen molar-refractivity contribution in [3.05, 3.63) is 36.0 Å². The van der Waals surface area contributed by atoms with Gasteiger partial charge in [-0.3, -0.25) is 14.6 Å². The third-order valence-electron chi connectivity index (χ3n) is 5.94. The highest BCUT2D eigenvalue weighted by Gasteiger charge is 2.38. The van der Waals surface area contributed by atoms with E-state index >= 15 is 0 Å². The normalized spacial score (nSPS) is 22.3. The first-order valence-electron chi connectivity index (χ1n) is 10.6. The van der Waals surface area contributed by atoms with E-state index in [2.05, 4.69) is 34.1 Å². The smallest absolute Gasteiger partial charge is 0.225 e. The van der Waals surface area contributed by atoms with Crippen LogP contribution < -0.4 is 5.32 Å². The van der Waals surface area contributed by atoms with Crippen molar-refractivity contribution >= 4 is 11.8 Å². The molecule has 31 heavy (non-hydrogen) atoms. The Hall–Kier alpha value is -2.94. The number of methoxy groups -OCH3 is 1. The molecule has 2 atom stereocenters. The zero-order valence-corrected chi connectivity index (χ0v) is 18.2. The molecule has 164 valence electrons. The summed E-state index contributed by atoms with van der Waals surface area (Å²) in [4.78, 5) is 44.5. The van der Waals surface area contributed by atoms with Crippen LogP contribution in [0.3, 0.4) is 0 Å². The number of hydrogen-bond acceptors (Lipinski definition) is 7. The van der Waals surface area contributed by atoms with Gasteiger partial charge in [0.25, 0.3) is 0 Å². The Labute approximate surface area is 181 Å². The molecule has 1 aliphatic carbocycles. The Bertz CT molecular complexity index is 965. The molecular weight excluding hydrogens is 396 g/mol. The van der Waals surface area contributed by atoms with E-state index in [1.165, 1.54) is 0 Å². The minimum Gasteiger partial charge on any atom is -0.383 e. The standard InChI is InChI=1S/C22H28N6O3/c1-22(2)9-16-15(11-25-20(26-16)18-12-23-4-5-24-18)17(10-22)27-21(30)14-8-19(29)28(13-14)6-7-31-3/h4-5,11-12,14,17H,6-10,13H2,1-3H3,(H,27,30)/t14-,17-/m0/s1. The van der Waals surface area contributed by atoms with E-state index in [0.717, 1.165) is 24.1 Å². The minimum atomic E-state index is -0.349. The van der Waals surface area contributed by atoms with E-state index < -0.39 is 0 Å². The van der Waals surface area contributed by atoms with Gasteiger partial charge in [-0.1, -0.05) is 13.8 Å². The van der Waals surface area contributed by atoms with Crippen molar-refractivity contribution in [3.8, 4) is 11.5 Å². The number of aromatic nitrogens is 4. The van der Waals surface area contributed by atoms with Crippen molar-refractivity contribution in [1.29, 1.82) is 0 Å². The highest BCUT2D eigenvalue weighted by molar-refractivity contribution is 5.89. The maximum Gasteiger partial charge on any atom is 0.225 e. The summed E-state index contributed by atoms with van der Waals surface area (Å²) in [6, 6.07) is -0.190. The van der Waals surface area contributed by atoms with Gasteiger partial charge < -0.3 is 15.0 Å². The summed E-state index contributed by atoms with van der Waals surface area (Å²) in [5, 5.41) is 3.17. The van der Waals surface area contributed by atoms with Gasteiger partial charge in [-0.2, -0.15) is 0 Å². The number of rotatable bonds is 6. The largest absolute Gasteiger partial charge is 0.383 e. The summed E-state index contributed by atoms with van der Waals surface area (Å²) >= 11 is 0. The summed E-state index contributed by atoms with van der Waals surface area (Å²) in [5.41, 5.74) is 2.44. The summed E-state index contributed by atoms with van der Waals surface area (Å²) in [6.07, 6.45) is 8.47. The molecule has 0 spiro atoms. The van der Waals surface area contributed by atoms with E-state index in [9.17, 15) is 9.59 Å². The van der Waals surface area contributed by atoms with E-state index in [1.807, 2.05) is 0 Å². The van der Waals surface area contributed by atoms with Crippen molar-refractivity contribution in [3.63, 3.8) is 0 Å². The number of ether oxygens (including phenoxy) is 1. The number of nitrogens with one attached hydrogen (secondary N) is 1. The fourth-order valence-corrected chi connectivity index (χ4v) is 4.37. The zero-order chi connectivity index (χ0) is 22.0. The van der Waals surface area contributed by atoms with Gasteiger partial charge in [-0.05, 0) is 18.3 Å². The highest BCUT2D eigenvalue weighted by Crippen LogP contribution is 2.40. The van der Waals surface area contributed by atoms with Gasteiger partial charge in [-0.15, -0.1) is 0 Å². The molecule has 2 aliphatic rings. The van der Waals surface area contributed by atoms with Crippen molar-refractivity contribution in [1.82, 2.24) is 30.2 Å². The third kappa shape index (κ3) is 4.71. The predicted octanol–water partition coefficient (Wildman–Crippen LogP) is 1.56. The number of amides is 2. The van der Waals surface area contributed by atoms with Crippen LogP contribution in [0.1, 0.15) is 44.0 Å². The first-order valence-corrected chi connectivity index (χ1v) is 10.6. The maximum atomic E-state index is 13.0. The molecule has 1 aliphatic heterocycles. The van der Waals surface area contributed by atoms with Crippen molar-refractivity contribution in [2.45, 2.75) is 39.2 Å². The minimum absolute atomic E-state index is 0.00137. The average molecular weight is 425 g/mol. The van der Waals surface area contributed by atoms with Gasteiger partial charge in [-0.25, -0.2) is 15.0 Å². The van der Waals surface area contributed by atoms with E-state index in [-0.39, 0.29) is 35.6 Å². The Balaban J connectivity index is 1.52. The van der Waals surface area contributed by atoms with Crippen molar-refractivity contribution < 1.29 is 14.3 Å². The molecule has 2 amide bonds. The second kappa shape index (κ2) is 8.66. The summed E-state index contributed by atoms with van der Waals surface area (Å²) in [7, 11) is 1.60. The average Bonchev–Trinajstić information content (AvgIpc) is 3.12. The SMILES string of the molecule is COCCN1C[C@@H](C(=O)N[C@H]2CC(C)(C)Cc3nc(-c4cnccn4)ncc32)CC1=O. The first-order chi connectivity index (χ1) is 14.9. The Morgan fingerprint density at radius 2 is 2.13 bits per heavy atom. The van der Waals surface area contributed by atoms with Crippen LogP contribution in [-0.2, 0) is 20.7 Å². The lowest BCUT2D eigenvalue weighted by atomic mass is 9.74.